The van der Waals surface area contributed by atoms with Gasteiger partial charge >= 0.3 is 0 Å². The van der Waals surface area contributed by atoms with Crippen LogP contribution in [0.4, 0.5) is 11.8 Å². The van der Waals surface area contributed by atoms with Crippen LogP contribution in [0.15, 0.2) is 29.2 Å². The van der Waals surface area contributed by atoms with Crippen molar-refractivity contribution in [2.75, 3.05) is 56.9 Å². The second-order valence-corrected chi connectivity index (χ2v) is 7.66. The molecule has 1 aromatic carbocycles. The average Bonchev–Trinajstić information content (AvgIpc) is 2.83. The molecular formula is C22H25N5O4. The Balaban J connectivity index is 1.48. The summed E-state index contributed by atoms with van der Waals surface area (Å²) in [7, 11) is 3.12. The van der Waals surface area contributed by atoms with Crippen molar-refractivity contribution in [2.24, 2.45) is 0 Å². The number of morpholine rings is 1. The van der Waals surface area contributed by atoms with Gasteiger partial charge in [0.15, 0.2) is 11.5 Å². The van der Waals surface area contributed by atoms with Gasteiger partial charge in [0, 0.05) is 44.0 Å². The number of fused-ring (bicyclic) bond motifs is 2. The lowest BCUT2D eigenvalue weighted by Gasteiger charge is -2.34. The summed E-state index contributed by atoms with van der Waals surface area (Å²) in [6, 6.07) is 5.46. The predicted molar refractivity (Wildman–Crippen MR) is 117 cm³/mol. The molecule has 0 bridgehead atoms. The van der Waals surface area contributed by atoms with Crippen LogP contribution in [0.1, 0.15) is 11.1 Å². The van der Waals surface area contributed by atoms with E-state index in [1.54, 1.807) is 26.4 Å². The first-order chi connectivity index (χ1) is 15.2. The van der Waals surface area contributed by atoms with Crippen LogP contribution < -0.4 is 24.8 Å². The van der Waals surface area contributed by atoms with Crippen molar-refractivity contribution in [3.8, 4) is 11.5 Å². The smallest absolute Gasteiger partial charge is 0.260 e. The highest BCUT2D eigenvalue weighted by molar-refractivity contribution is 5.82. The number of benzene rings is 1. The first-order valence-electron chi connectivity index (χ1n) is 10.4. The number of anilines is 2. The number of H-pyrrole nitrogens is 1. The second-order valence-electron chi connectivity index (χ2n) is 7.66. The molecule has 1 N–H and O–H groups in total. The molecule has 9 heteroatoms. The van der Waals surface area contributed by atoms with Gasteiger partial charge in [-0.1, -0.05) is 0 Å². The molecule has 3 aromatic rings. The topological polar surface area (TPSA) is 92.8 Å². The van der Waals surface area contributed by atoms with Crippen LogP contribution in [0, 0.1) is 0 Å². The highest BCUT2D eigenvalue weighted by atomic mass is 16.5. The summed E-state index contributed by atoms with van der Waals surface area (Å²) in [6.07, 6.45) is 2.70. The third-order valence-electron chi connectivity index (χ3n) is 5.93. The quantitative estimate of drug-likeness (QED) is 0.678. The van der Waals surface area contributed by atoms with Crippen LogP contribution in [0.5, 0.6) is 11.5 Å². The molecule has 162 valence electrons. The predicted octanol–water partition coefficient (Wildman–Crippen LogP) is 1.73. The van der Waals surface area contributed by atoms with Crippen LogP contribution in [0.3, 0.4) is 0 Å². The van der Waals surface area contributed by atoms with Crippen molar-refractivity contribution in [1.82, 2.24) is 15.0 Å². The second kappa shape index (κ2) is 8.07. The summed E-state index contributed by atoms with van der Waals surface area (Å²) in [5.41, 5.74) is 2.86. The van der Waals surface area contributed by atoms with Crippen molar-refractivity contribution in [2.45, 2.75) is 13.0 Å². The zero-order chi connectivity index (χ0) is 21.4. The number of hydrogen-bond donors (Lipinski definition) is 1. The van der Waals surface area contributed by atoms with Crippen molar-refractivity contribution in [1.29, 1.82) is 0 Å². The Morgan fingerprint density at radius 2 is 1.84 bits per heavy atom. The van der Waals surface area contributed by atoms with Gasteiger partial charge in [0.2, 0.25) is 5.95 Å². The number of methoxy groups -OCH3 is 2. The van der Waals surface area contributed by atoms with Crippen LogP contribution >= 0.6 is 0 Å². The van der Waals surface area contributed by atoms with Crippen molar-refractivity contribution in [3.63, 3.8) is 0 Å². The lowest BCUT2D eigenvalue weighted by molar-refractivity contribution is 0.122. The van der Waals surface area contributed by atoms with Crippen molar-refractivity contribution < 1.29 is 14.2 Å². The molecule has 4 heterocycles. The van der Waals surface area contributed by atoms with Crippen LogP contribution in [0.2, 0.25) is 0 Å². The molecule has 9 nitrogen and oxygen atoms in total. The van der Waals surface area contributed by atoms with E-state index in [1.165, 1.54) is 11.1 Å². The number of pyridine rings is 1. The van der Waals surface area contributed by atoms with Gasteiger partial charge in [-0.25, -0.2) is 9.97 Å². The summed E-state index contributed by atoms with van der Waals surface area (Å²) >= 11 is 0. The molecule has 5 rings (SSSR count). The fourth-order valence-electron chi connectivity index (χ4n) is 4.30. The number of nitrogens with one attached hydrogen (secondary N) is 1. The normalized spacial score (nSPS) is 16.3. The summed E-state index contributed by atoms with van der Waals surface area (Å²) in [4.78, 5) is 29.5. The van der Waals surface area contributed by atoms with E-state index in [2.05, 4.69) is 25.8 Å². The van der Waals surface area contributed by atoms with Gasteiger partial charge in [-0.15, -0.1) is 0 Å². The van der Waals surface area contributed by atoms with Gasteiger partial charge in [-0.05, 0) is 24.1 Å². The molecule has 2 aliphatic rings. The van der Waals surface area contributed by atoms with Gasteiger partial charge in [-0.2, -0.15) is 0 Å². The van der Waals surface area contributed by atoms with Crippen molar-refractivity contribution >= 4 is 22.7 Å². The Bertz CT molecular complexity index is 1170. The van der Waals surface area contributed by atoms with E-state index in [9.17, 15) is 4.79 Å². The molecule has 0 radical (unpaired) electrons. The molecular weight excluding hydrogens is 398 g/mol. The van der Waals surface area contributed by atoms with Crippen LogP contribution in [0.25, 0.3) is 10.9 Å². The lowest BCUT2D eigenvalue weighted by atomic mass is 10.0. The Morgan fingerprint density at radius 1 is 1.06 bits per heavy atom. The summed E-state index contributed by atoms with van der Waals surface area (Å²) in [5.74, 6) is 2.66. The maximum atomic E-state index is 12.8. The number of aromatic amines is 1. The first-order valence-corrected chi connectivity index (χ1v) is 10.4. The molecule has 2 aromatic heterocycles. The van der Waals surface area contributed by atoms with E-state index in [0.717, 1.165) is 45.1 Å². The van der Waals surface area contributed by atoms with E-state index in [0.29, 0.717) is 34.9 Å². The minimum atomic E-state index is -0.199. The van der Waals surface area contributed by atoms with E-state index in [-0.39, 0.29) is 5.56 Å². The van der Waals surface area contributed by atoms with E-state index < -0.39 is 0 Å². The fraction of sp³-hybridized carbons (Fsp3) is 0.409. The molecule has 0 spiro atoms. The standard InChI is InChI=1S/C22H25N5O4/c1-29-18-11-16-17(12-19(18)30-2)24-22(25-21(16)28)27-6-4-15-14(13-27)3-5-23-20(15)26-7-9-31-10-8-26/h3,5,11-12H,4,6-10,13H2,1-2H3,(H,24,25,28). The molecule has 2 aliphatic heterocycles. The van der Waals surface area contributed by atoms with Gasteiger partial charge in [0.25, 0.3) is 5.56 Å². The largest absolute Gasteiger partial charge is 0.493 e. The summed E-state index contributed by atoms with van der Waals surface area (Å²) in [6.45, 7) is 4.59. The Labute approximate surface area is 179 Å². The number of hydrogen-bond acceptors (Lipinski definition) is 8. The molecule has 31 heavy (non-hydrogen) atoms. The first kappa shape index (κ1) is 19.6. The number of nitrogens with zero attached hydrogens (tertiary/aromatic N) is 4. The van der Waals surface area contributed by atoms with Gasteiger partial charge in [0.05, 0.1) is 38.3 Å². The highest BCUT2D eigenvalue weighted by Crippen LogP contribution is 2.32. The number of rotatable bonds is 4. The number of ether oxygens (including phenoxy) is 3. The summed E-state index contributed by atoms with van der Waals surface area (Å²) in [5, 5.41) is 0.470. The van der Waals surface area contributed by atoms with Crippen LogP contribution in [-0.4, -0.2) is 62.0 Å². The molecule has 0 atom stereocenters. The Morgan fingerprint density at radius 3 is 2.61 bits per heavy atom. The molecule has 0 unspecified atom stereocenters. The Hall–Kier alpha value is -3.33. The highest BCUT2D eigenvalue weighted by Gasteiger charge is 2.25. The van der Waals surface area contributed by atoms with Gasteiger partial charge in [-0.3, -0.25) is 9.78 Å². The zero-order valence-corrected chi connectivity index (χ0v) is 17.7. The third kappa shape index (κ3) is 3.54. The molecule has 0 saturated carbocycles. The SMILES string of the molecule is COc1cc2nc(N3CCc4c(ccnc4N4CCOCC4)C3)[nH]c(=O)c2cc1OC. The fourth-order valence-corrected chi connectivity index (χ4v) is 4.30. The van der Waals surface area contributed by atoms with E-state index >= 15 is 0 Å². The monoisotopic (exact) mass is 423 g/mol. The molecule has 1 fully saturated rings. The lowest BCUT2D eigenvalue weighted by Crippen LogP contribution is -2.39. The average molecular weight is 423 g/mol. The van der Waals surface area contributed by atoms with E-state index in [1.807, 2.05) is 6.20 Å². The third-order valence-corrected chi connectivity index (χ3v) is 5.93. The maximum absolute atomic E-state index is 12.8. The molecule has 0 amide bonds. The van der Waals surface area contributed by atoms with Crippen LogP contribution in [-0.2, 0) is 17.7 Å². The minimum absolute atomic E-state index is 0.199. The molecule has 1 saturated heterocycles. The zero-order valence-electron chi connectivity index (χ0n) is 17.7. The number of aromatic nitrogens is 3. The molecule has 0 aliphatic carbocycles. The van der Waals surface area contributed by atoms with E-state index in [4.69, 9.17) is 19.2 Å². The maximum Gasteiger partial charge on any atom is 0.260 e. The van der Waals surface area contributed by atoms with Gasteiger partial charge < -0.3 is 24.0 Å². The minimum Gasteiger partial charge on any atom is -0.493 e. The van der Waals surface area contributed by atoms with Gasteiger partial charge in [0.1, 0.15) is 5.82 Å². The Kier molecular flexibility index (Phi) is 5.11. The van der Waals surface area contributed by atoms with Crippen molar-refractivity contribution in [3.05, 3.63) is 45.9 Å². The summed E-state index contributed by atoms with van der Waals surface area (Å²) < 4.78 is 16.2.